The zero-order valence-electron chi connectivity index (χ0n) is 9.71. The number of nitrogens with zero attached hydrogens (tertiary/aromatic N) is 1. The molecule has 0 aromatic carbocycles. The Morgan fingerprint density at radius 2 is 2.12 bits per heavy atom. The minimum Gasteiger partial charge on any atom is -0.315 e. The van der Waals surface area contributed by atoms with Crippen LogP contribution < -0.4 is 5.32 Å². The van der Waals surface area contributed by atoms with Crippen LogP contribution in [0.15, 0.2) is 0 Å². The van der Waals surface area contributed by atoms with Crippen molar-refractivity contribution in [1.82, 2.24) is 10.4 Å². The second-order valence-corrected chi connectivity index (χ2v) is 5.38. The average molecular weight is 224 g/mol. The number of nitrogens with one attached hydrogen (secondary N) is 1. The maximum atomic E-state index is 12.0. The smallest absolute Gasteiger partial charge is 0.249 e. The number of carbonyl (C=O) groups is 1. The summed E-state index contributed by atoms with van der Waals surface area (Å²) < 4.78 is 0. The summed E-state index contributed by atoms with van der Waals surface area (Å²) in [5.74, 6) is 0.204. The van der Waals surface area contributed by atoms with E-state index >= 15 is 0 Å². The molecule has 1 saturated carbocycles. The summed E-state index contributed by atoms with van der Waals surface area (Å²) >= 11 is 0. The molecule has 3 rings (SSSR count). The van der Waals surface area contributed by atoms with Crippen LogP contribution in [-0.4, -0.2) is 35.7 Å². The molecule has 1 amide bonds. The summed E-state index contributed by atoms with van der Waals surface area (Å²) in [5, 5.41) is 4.97. The Hall–Kier alpha value is -0.610. The first-order valence-electron chi connectivity index (χ1n) is 6.51. The fraction of sp³-hybridized carbons (Fsp3) is 0.917. The van der Waals surface area contributed by atoms with Gasteiger partial charge in [-0.15, -0.1) is 0 Å². The summed E-state index contributed by atoms with van der Waals surface area (Å²) in [6, 6.07) is 0.272. The summed E-state index contributed by atoms with van der Waals surface area (Å²) in [6.45, 7) is 1.90. The zero-order valence-corrected chi connectivity index (χ0v) is 9.71. The van der Waals surface area contributed by atoms with Gasteiger partial charge in [0.2, 0.25) is 5.91 Å². The van der Waals surface area contributed by atoms with Gasteiger partial charge in [-0.3, -0.25) is 9.63 Å². The lowest BCUT2D eigenvalue weighted by molar-refractivity contribution is -0.220. The summed E-state index contributed by atoms with van der Waals surface area (Å²) in [7, 11) is 0. The lowest BCUT2D eigenvalue weighted by Crippen LogP contribution is -2.39. The highest BCUT2D eigenvalue weighted by atomic mass is 16.7. The molecule has 2 saturated heterocycles. The van der Waals surface area contributed by atoms with Gasteiger partial charge in [-0.2, -0.15) is 0 Å². The maximum absolute atomic E-state index is 12.0. The number of amides is 1. The predicted molar refractivity (Wildman–Crippen MR) is 59.6 cm³/mol. The van der Waals surface area contributed by atoms with Crippen LogP contribution in [0.2, 0.25) is 0 Å². The van der Waals surface area contributed by atoms with Crippen LogP contribution >= 0.6 is 0 Å². The van der Waals surface area contributed by atoms with Crippen LogP contribution in [0, 0.1) is 0 Å². The molecule has 90 valence electrons. The first-order chi connectivity index (χ1) is 7.79. The molecule has 1 spiro atoms. The molecule has 0 aromatic rings. The van der Waals surface area contributed by atoms with Gasteiger partial charge in [0.15, 0.2) is 0 Å². The second kappa shape index (κ2) is 4.00. The Kier molecular flexibility index (Phi) is 2.64. The summed E-state index contributed by atoms with van der Waals surface area (Å²) in [5.41, 5.74) is -0.127. The molecule has 4 heteroatoms. The van der Waals surface area contributed by atoms with Crippen molar-refractivity contribution < 1.29 is 9.63 Å². The zero-order chi connectivity index (χ0) is 11.0. The van der Waals surface area contributed by atoms with Crippen molar-refractivity contribution in [3.05, 3.63) is 0 Å². The van der Waals surface area contributed by atoms with E-state index in [0.717, 1.165) is 32.4 Å². The van der Waals surface area contributed by atoms with Crippen LogP contribution in [0.25, 0.3) is 0 Å². The molecule has 2 aliphatic heterocycles. The van der Waals surface area contributed by atoms with Crippen molar-refractivity contribution in [2.45, 2.75) is 56.6 Å². The number of rotatable bonds is 1. The minimum absolute atomic E-state index is 0.127. The van der Waals surface area contributed by atoms with E-state index in [1.165, 1.54) is 19.3 Å². The molecule has 2 heterocycles. The Morgan fingerprint density at radius 1 is 1.31 bits per heavy atom. The summed E-state index contributed by atoms with van der Waals surface area (Å²) in [6.07, 6.45) is 7.49. The monoisotopic (exact) mass is 224 g/mol. The Labute approximate surface area is 96.3 Å². The van der Waals surface area contributed by atoms with Crippen LogP contribution in [0.5, 0.6) is 0 Å². The van der Waals surface area contributed by atoms with E-state index in [1.54, 1.807) is 5.06 Å². The SMILES string of the molecule is O=C1CC2(CCCCC2)ON1C1CCNC1. The Morgan fingerprint density at radius 3 is 2.81 bits per heavy atom. The van der Waals surface area contributed by atoms with Gasteiger partial charge in [0, 0.05) is 6.54 Å². The highest BCUT2D eigenvalue weighted by molar-refractivity contribution is 5.78. The molecule has 16 heavy (non-hydrogen) atoms. The van der Waals surface area contributed by atoms with E-state index in [1.807, 2.05) is 0 Å². The second-order valence-electron chi connectivity index (χ2n) is 5.38. The molecule has 3 fully saturated rings. The van der Waals surface area contributed by atoms with Gasteiger partial charge in [0.25, 0.3) is 0 Å². The molecule has 1 aliphatic carbocycles. The molecular weight excluding hydrogens is 204 g/mol. The van der Waals surface area contributed by atoms with Crippen LogP contribution in [0.4, 0.5) is 0 Å². The Bertz CT molecular complexity index is 281. The molecule has 0 radical (unpaired) electrons. The highest BCUT2D eigenvalue weighted by Gasteiger charge is 2.47. The van der Waals surface area contributed by atoms with Crippen molar-refractivity contribution in [2.24, 2.45) is 0 Å². The molecule has 1 atom stereocenters. The largest absolute Gasteiger partial charge is 0.315 e. The van der Waals surface area contributed by atoms with E-state index in [-0.39, 0.29) is 17.6 Å². The summed E-state index contributed by atoms with van der Waals surface area (Å²) in [4.78, 5) is 18.0. The van der Waals surface area contributed by atoms with Gasteiger partial charge in [-0.05, 0) is 25.8 Å². The van der Waals surface area contributed by atoms with E-state index < -0.39 is 0 Å². The van der Waals surface area contributed by atoms with Crippen molar-refractivity contribution in [2.75, 3.05) is 13.1 Å². The third kappa shape index (κ3) is 1.74. The first-order valence-corrected chi connectivity index (χ1v) is 6.51. The number of hydroxylamine groups is 2. The van der Waals surface area contributed by atoms with Crippen LogP contribution in [-0.2, 0) is 9.63 Å². The van der Waals surface area contributed by atoms with Gasteiger partial charge < -0.3 is 5.32 Å². The quantitative estimate of drug-likeness (QED) is 0.728. The molecule has 1 N–H and O–H groups in total. The van der Waals surface area contributed by atoms with Gasteiger partial charge in [-0.1, -0.05) is 19.3 Å². The lowest BCUT2D eigenvalue weighted by Gasteiger charge is -2.33. The van der Waals surface area contributed by atoms with Gasteiger partial charge >= 0.3 is 0 Å². The molecule has 1 unspecified atom stereocenters. The van der Waals surface area contributed by atoms with Crippen LogP contribution in [0.1, 0.15) is 44.9 Å². The topological polar surface area (TPSA) is 41.6 Å². The molecular formula is C12H20N2O2. The van der Waals surface area contributed by atoms with E-state index in [9.17, 15) is 4.79 Å². The van der Waals surface area contributed by atoms with Crippen molar-refractivity contribution in [1.29, 1.82) is 0 Å². The van der Waals surface area contributed by atoms with E-state index in [0.29, 0.717) is 6.42 Å². The highest BCUT2D eigenvalue weighted by Crippen LogP contribution is 2.40. The predicted octanol–water partition coefficient (Wildman–Crippen LogP) is 1.22. The van der Waals surface area contributed by atoms with E-state index in [4.69, 9.17) is 4.84 Å². The average Bonchev–Trinajstić information content (AvgIpc) is 2.88. The van der Waals surface area contributed by atoms with Gasteiger partial charge in [0.05, 0.1) is 12.5 Å². The molecule has 0 aromatic heterocycles. The van der Waals surface area contributed by atoms with Crippen molar-refractivity contribution in [3.8, 4) is 0 Å². The van der Waals surface area contributed by atoms with E-state index in [2.05, 4.69) is 5.32 Å². The molecule has 0 bridgehead atoms. The standard InChI is InChI=1S/C12H20N2O2/c15-11-8-12(5-2-1-3-6-12)16-14(11)10-4-7-13-9-10/h10,13H,1-9H2. The maximum Gasteiger partial charge on any atom is 0.249 e. The number of hydrogen-bond donors (Lipinski definition) is 1. The van der Waals surface area contributed by atoms with Gasteiger partial charge in [0.1, 0.15) is 5.60 Å². The number of hydrogen-bond acceptors (Lipinski definition) is 3. The third-order valence-electron chi connectivity index (χ3n) is 4.14. The fourth-order valence-electron chi connectivity index (χ4n) is 3.23. The van der Waals surface area contributed by atoms with Crippen molar-refractivity contribution >= 4 is 5.91 Å². The van der Waals surface area contributed by atoms with Crippen LogP contribution in [0.3, 0.4) is 0 Å². The third-order valence-corrected chi connectivity index (χ3v) is 4.14. The number of carbonyl (C=O) groups excluding carboxylic acids is 1. The normalized spacial score (nSPS) is 33.9. The molecule has 4 nitrogen and oxygen atoms in total. The lowest BCUT2D eigenvalue weighted by atomic mass is 9.83. The minimum atomic E-state index is -0.127. The Balaban J connectivity index is 1.70. The fourth-order valence-corrected chi connectivity index (χ4v) is 3.23. The van der Waals surface area contributed by atoms with Crippen molar-refractivity contribution in [3.63, 3.8) is 0 Å². The molecule has 3 aliphatic rings. The first kappa shape index (κ1) is 10.5. The van der Waals surface area contributed by atoms with Gasteiger partial charge in [-0.25, -0.2) is 5.06 Å².